The molecule has 2 heterocycles. The molecule has 5 nitrogen and oxygen atoms in total. The maximum atomic E-state index is 14.4. The summed E-state index contributed by atoms with van der Waals surface area (Å²) in [7, 11) is 0. The number of nitrogens with zero attached hydrogens (tertiary/aromatic N) is 5. The van der Waals surface area contributed by atoms with Gasteiger partial charge in [0.15, 0.2) is 17.5 Å². The molecule has 6 aromatic carbocycles. The van der Waals surface area contributed by atoms with Gasteiger partial charge in [0.1, 0.15) is 11.6 Å². The first-order valence-corrected chi connectivity index (χ1v) is 15.0. The van der Waals surface area contributed by atoms with E-state index in [9.17, 15) is 14.0 Å². The predicted octanol–water partition coefficient (Wildman–Crippen LogP) is 9.79. The molecule has 0 saturated carbocycles. The zero-order chi connectivity index (χ0) is 31.9. The maximum absolute atomic E-state index is 14.4. The lowest BCUT2D eigenvalue weighted by molar-refractivity contribution is 0.584. The fourth-order valence-electron chi connectivity index (χ4n) is 6.04. The van der Waals surface area contributed by atoms with Crippen LogP contribution in [0.25, 0.3) is 72.8 Å². The summed E-state index contributed by atoms with van der Waals surface area (Å²) in [5.74, 6) is 0.132. The van der Waals surface area contributed by atoms with Crippen LogP contribution in [0.2, 0.25) is 0 Å². The number of hydrogen-bond donors (Lipinski definition) is 0. The van der Waals surface area contributed by atoms with Crippen LogP contribution in [0, 0.1) is 23.0 Å². The summed E-state index contributed by atoms with van der Waals surface area (Å²) in [5.41, 5.74) is 6.36. The number of hydrogen-bond acceptors (Lipinski definition) is 4. The van der Waals surface area contributed by atoms with Gasteiger partial charge in [0.25, 0.3) is 0 Å². The second-order valence-electron chi connectivity index (χ2n) is 11.1. The van der Waals surface area contributed by atoms with Crippen molar-refractivity contribution in [3.8, 4) is 57.0 Å². The fourth-order valence-corrected chi connectivity index (χ4v) is 6.04. The Morgan fingerprint density at radius 3 is 1.74 bits per heavy atom. The summed E-state index contributed by atoms with van der Waals surface area (Å²) >= 11 is 0. The minimum Gasteiger partial charge on any atom is -0.308 e. The van der Waals surface area contributed by atoms with Gasteiger partial charge in [-0.2, -0.15) is 5.26 Å². The lowest BCUT2D eigenvalue weighted by Crippen LogP contribution is -2.04. The molecule has 222 valence electrons. The third kappa shape index (κ3) is 5.08. The van der Waals surface area contributed by atoms with Crippen LogP contribution in [0.4, 0.5) is 8.78 Å². The number of fused-ring (bicyclic) bond motifs is 3. The molecule has 0 aliphatic heterocycles. The van der Waals surface area contributed by atoms with Crippen molar-refractivity contribution in [1.82, 2.24) is 19.5 Å². The topological polar surface area (TPSA) is 67.4 Å². The Morgan fingerprint density at radius 1 is 0.489 bits per heavy atom. The molecule has 0 atom stereocenters. The highest BCUT2D eigenvalue weighted by Gasteiger charge is 2.20. The van der Waals surface area contributed by atoms with E-state index in [0.29, 0.717) is 45.4 Å². The van der Waals surface area contributed by atoms with E-state index in [1.54, 1.807) is 6.07 Å². The van der Waals surface area contributed by atoms with Crippen LogP contribution in [0.15, 0.2) is 140 Å². The highest BCUT2D eigenvalue weighted by Crippen LogP contribution is 2.38. The summed E-state index contributed by atoms with van der Waals surface area (Å²) in [5, 5.41) is 11.6. The SMILES string of the molecule is N#Cc1ccc2c(c1)c1ccccc1n2-c1cc(-c2cc(F)cc(F)c2)ccc1-c1nc(-c2ccccc2)nc(-c2ccccc2)n1. The highest BCUT2D eigenvalue weighted by molar-refractivity contribution is 6.10. The number of halogens is 2. The molecule has 7 heteroatoms. The van der Waals surface area contributed by atoms with E-state index < -0.39 is 11.6 Å². The maximum Gasteiger partial charge on any atom is 0.166 e. The second kappa shape index (κ2) is 11.4. The van der Waals surface area contributed by atoms with Crippen LogP contribution in [-0.2, 0) is 0 Å². The van der Waals surface area contributed by atoms with E-state index >= 15 is 0 Å². The Morgan fingerprint density at radius 2 is 1.09 bits per heavy atom. The monoisotopic (exact) mass is 611 g/mol. The Bertz CT molecular complexity index is 2420. The molecular formula is C40H23F2N5. The molecule has 0 N–H and O–H groups in total. The second-order valence-corrected chi connectivity index (χ2v) is 11.1. The number of para-hydroxylation sites is 1. The van der Waals surface area contributed by atoms with Gasteiger partial charge in [-0.1, -0.05) is 84.9 Å². The van der Waals surface area contributed by atoms with Crippen molar-refractivity contribution in [1.29, 1.82) is 5.26 Å². The van der Waals surface area contributed by atoms with Crippen LogP contribution in [0.5, 0.6) is 0 Å². The largest absolute Gasteiger partial charge is 0.308 e. The lowest BCUT2D eigenvalue weighted by Gasteiger charge is -2.16. The van der Waals surface area contributed by atoms with Crippen molar-refractivity contribution in [3.63, 3.8) is 0 Å². The molecule has 0 aliphatic rings. The summed E-state index contributed by atoms with van der Waals surface area (Å²) < 4.78 is 31.0. The summed E-state index contributed by atoms with van der Waals surface area (Å²) in [4.78, 5) is 14.8. The van der Waals surface area contributed by atoms with Gasteiger partial charge >= 0.3 is 0 Å². The van der Waals surface area contributed by atoms with Gasteiger partial charge in [-0.05, 0) is 59.7 Å². The number of benzene rings is 6. The van der Waals surface area contributed by atoms with E-state index in [1.807, 2.05) is 115 Å². The Balaban J connectivity index is 1.46. The van der Waals surface area contributed by atoms with Crippen LogP contribution >= 0.6 is 0 Å². The van der Waals surface area contributed by atoms with Crippen molar-refractivity contribution in [2.45, 2.75) is 0 Å². The molecule has 8 aromatic rings. The van der Waals surface area contributed by atoms with Gasteiger partial charge in [-0.15, -0.1) is 0 Å². The number of nitriles is 1. The molecule has 0 amide bonds. The van der Waals surface area contributed by atoms with Crippen LogP contribution in [0.3, 0.4) is 0 Å². The van der Waals surface area contributed by atoms with E-state index in [-0.39, 0.29) is 0 Å². The summed E-state index contributed by atoms with van der Waals surface area (Å²) in [6.45, 7) is 0. The minimum atomic E-state index is -0.663. The van der Waals surface area contributed by atoms with E-state index in [1.165, 1.54) is 12.1 Å². The van der Waals surface area contributed by atoms with Gasteiger partial charge in [-0.3, -0.25) is 0 Å². The zero-order valence-electron chi connectivity index (χ0n) is 24.8. The first-order chi connectivity index (χ1) is 23.1. The molecule has 0 unspecified atom stereocenters. The van der Waals surface area contributed by atoms with Gasteiger partial charge in [0.2, 0.25) is 0 Å². The lowest BCUT2D eigenvalue weighted by atomic mass is 10.0. The zero-order valence-corrected chi connectivity index (χ0v) is 24.8. The van der Waals surface area contributed by atoms with E-state index in [0.717, 1.165) is 39.0 Å². The minimum absolute atomic E-state index is 0.397. The molecule has 0 bridgehead atoms. The van der Waals surface area contributed by atoms with Gasteiger partial charge in [0.05, 0.1) is 28.4 Å². The van der Waals surface area contributed by atoms with E-state index in [4.69, 9.17) is 15.0 Å². The van der Waals surface area contributed by atoms with Crippen LogP contribution in [0.1, 0.15) is 5.56 Å². The van der Waals surface area contributed by atoms with Crippen molar-refractivity contribution >= 4 is 21.8 Å². The van der Waals surface area contributed by atoms with Crippen molar-refractivity contribution in [2.75, 3.05) is 0 Å². The number of aromatic nitrogens is 4. The third-order valence-corrected chi connectivity index (χ3v) is 8.18. The van der Waals surface area contributed by atoms with Gasteiger partial charge < -0.3 is 4.57 Å². The molecule has 0 radical (unpaired) electrons. The number of rotatable bonds is 5. The Labute approximate surface area is 268 Å². The summed E-state index contributed by atoms with van der Waals surface area (Å²) in [6.07, 6.45) is 0. The van der Waals surface area contributed by atoms with Gasteiger partial charge in [0, 0.05) is 33.5 Å². The molecule has 0 aliphatic carbocycles. The van der Waals surface area contributed by atoms with Crippen molar-refractivity contribution in [3.05, 3.63) is 157 Å². The predicted molar refractivity (Wildman–Crippen MR) is 181 cm³/mol. The molecule has 0 fully saturated rings. The first kappa shape index (κ1) is 28.0. The summed E-state index contributed by atoms with van der Waals surface area (Å²) in [6, 6.07) is 44.3. The standard InChI is InChI=1S/C40H23F2N5/c41-30-20-29(21-31(42)23-30)28-16-17-33(37(22-28)47-35-14-8-7-13-32(35)34-19-25(24-43)15-18-36(34)47)40-45-38(26-9-3-1-4-10-26)44-39(46-40)27-11-5-2-6-12-27/h1-23H. The smallest absolute Gasteiger partial charge is 0.166 e. The normalized spacial score (nSPS) is 11.2. The first-order valence-electron chi connectivity index (χ1n) is 15.0. The van der Waals surface area contributed by atoms with Crippen LogP contribution < -0.4 is 0 Å². The molecule has 2 aromatic heterocycles. The average molecular weight is 612 g/mol. The average Bonchev–Trinajstić information content (AvgIpc) is 3.45. The molecule has 8 rings (SSSR count). The molecular weight excluding hydrogens is 588 g/mol. The fraction of sp³-hybridized carbons (Fsp3) is 0. The molecule has 47 heavy (non-hydrogen) atoms. The Kier molecular flexibility index (Phi) is 6.81. The molecule has 0 spiro atoms. The highest BCUT2D eigenvalue weighted by atomic mass is 19.1. The quantitative estimate of drug-likeness (QED) is 0.194. The van der Waals surface area contributed by atoms with Crippen LogP contribution in [-0.4, -0.2) is 19.5 Å². The van der Waals surface area contributed by atoms with Crippen molar-refractivity contribution in [2.24, 2.45) is 0 Å². The van der Waals surface area contributed by atoms with Gasteiger partial charge in [-0.25, -0.2) is 23.7 Å². The van der Waals surface area contributed by atoms with Crippen molar-refractivity contribution < 1.29 is 8.78 Å². The van der Waals surface area contributed by atoms with E-state index in [2.05, 4.69) is 10.6 Å². The third-order valence-electron chi connectivity index (χ3n) is 8.18. The Hall–Kier alpha value is -6.52. The molecule has 0 saturated heterocycles.